The molecule has 166 valence electrons. The number of thiocarbonyl (C=S) groups is 1. The molecular formula is C25H25ClN2O2S2. The fourth-order valence-electron chi connectivity index (χ4n) is 4.07. The highest BCUT2D eigenvalue weighted by molar-refractivity contribution is 8.26. The van der Waals surface area contributed by atoms with Gasteiger partial charge in [0.15, 0.2) is 0 Å². The molecule has 0 aliphatic carbocycles. The number of para-hydroxylation sites is 1. The first kappa shape index (κ1) is 23.0. The standard InChI is InChI=1S/C25H25ClN2O2S2/c1-2-3-4-5-10-15-27-24(30)22(32-25(27)31)21-18-12-7-9-14-20(18)28(23(21)29)16-17-11-6-8-13-19(17)26/h6-9,11-14H,2-5,10,15-16H2,1H3. The lowest BCUT2D eigenvalue weighted by Crippen LogP contribution is -2.30. The fourth-order valence-corrected chi connectivity index (χ4v) is 5.64. The Hall–Kier alpha value is -2.15. The van der Waals surface area contributed by atoms with Gasteiger partial charge >= 0.3 is 0 Å². The summed E-state index contributed by atoms with van der Waals surface area (Å²) < 4.78 is 0.530. The second-order valence-corrected chi connectivity index (χ2v) is 9.99. The van der Waals surface area contributed by atoms with Gasteiger partial charge in [-0.15, -0.1) is 0 Å². The Kier molecular flexibility index (Phi) is 7.33. The zero-order chi connectivity index (χ0) is 22.7. The third kappa shape index (κ3) is 4.49. The molecule has 0 atom stereocenters. The molecule has 2 aliphatic heterocycles. The van der Waals surface area contributed by atoms with E-state index in [1.807, 2.05) is 48.5 Å². The van der Waals surface area contributed by atoms with Crippen LogP contribution in [0, 0.1) is 0 Å². The van der Waals surface area contributed by atoms with E-state index in [4.69, 9.17) is 23.8 Å². The number of amides is 2. The van der Waals surface area contributed by atoms with Crippen LogP contribution in [-0.2, 0) is 16.1 Å². The molecule has 0 spiro atoms. The maximum absolute atomic E-state index is 13.6. The third-order valence-corrected chi connectivity index (χ3v) is 7.59. The fraction of sp³-hybridized carbons (Fsp3) is 0.320. The van der Waals surface area contributed by atoms with Crippen molar-refractivity contribution < 1.29 is 9.59 Å². The van der Waals surface area contributed by atoms with Crippen molar-refractivity contribution in [3.63, 3.8) is 0 Å². The summed E-state index contributed by atoms with van der Waals surface area (Å²) >= 11 is 13.1. The number of nitrogens with zero attached hydrogens (tertiary/aromatic N) is 2. The Morgan fingerprint density at radius 3 is 2.41 bits per heavy atom. The molecular weight excluding hydrogens is 460 g/mol. The number of benzene rings is 2. The minimum absolute atomic E-state index is 0.159. The van der Waals surface area contributed by atoms with Crippen molar-refractivity contribution in [2.24, 2.45) is 0 Å². The third-order valence-electron chi connectivity index (χ3n) is 5.77. The summed E-state index contributed by atoms with van der Waals surface area (Å²) in [6.07, 6.45) is 5.53. The van der Waals surface area contributed by atoms with Gasteiger partial charge in [0.2, 0.25) is 0 Å². The first-order chi connectivity index (χ1) is 15.5. The second-order valence-electron chi connectivity index (χ2n) is 7.94. The van der Waals surface area contributed by atoms with Gasteiger partial charge in [0.25, 0.3) is 11.8 Å². The van der Waals surface area contributed by atoms with Crippen molar-refractivity contribution >= 4 is 63.0 Å². The number of carbonyl (C=O) groups excluding carboxylic acids is 2. The number of thioether (sulfide) groups is 1. The number of hydrogen-bond donors (Lipinski definition) is 0. The second kappa shape index (κ2) is 10.2. The van der Waals surface area contributed by atoms with Gasteiger partial charge in [-0.2, -0.15) is 0 Å². The zero-order valence-corrected chi connectivity index (χ0v) is 20.4. The Balaban J connectivity index is 1.62. The molecule has 0 N–H and O–H groups in total. The molecule has 0 saturated carbocycles. The average Bonchev–Trinajstić information content (AvgIpc) is 3.22. The van der Waals surface area contributed by atoms with Crippen molar-refractivity contribution in [2.75, 3.05) is 11.4 Å². The van der Waals surface area contributed by atoms with Gasteiger partial charge in [0.05, 0.1) is 22.7 Å². The number of rotatable bonds is 8. The largest absolute Gasteiger partial charge is 0.303 e. The predicted molar refractivity (Wildman–Crippen MR) is 137 cm³/mol. The lowest BCUT2D eigenvalue weighted by Gasteiger charge is -2.18. The van der Waals surface area contributed by atoms with Crippen molar-refractivity contribution in [3.05, 3.63) is 69.6 Å². The van der Waals surface area contributed by atoms with Gasteiger partial charge < -0.3 is 4.90 Å². The molecule has 0 bridgehead atoms. The van der Waals surface area contributed by atoms with Gasteiger partial charge in [-0.25, -0.2) is 0 Å². The maximum Gasteiger partial charge on any atom is 0.267 e. The monoisotopic (exact) mass is 484 g/mol. The summed E-state index contributed by atoms with van der Waals surface area (Å²) in [6.45, 7) is 3.13. The van der Waals surface area contributed by atoms with Crippen LogP contribution in [0.2, 0.25) is 5.02 Å². The zero-order valence-electron chi connectivity index (χ0n) is 18.0. The number of hydrogen-bond acceptors (Lipinski definition) is 4. The van der Waals surface area contributed by atoms with E-state index in [0.29, 0.717) is 32.9 Å². The van der Waals surface area contributed by atoms with Crippen molar-refractivity contribution in [2.45, 2.75) is 45.6 Å². The molecule has 1 saturated heterocycles. The van der Waals surface area contributed by atoms with Gasteiger partial charge in [-0.3, -0.25) is 14.5 Å². The van der Waals surface area contributed by atoms with E-state index in [1.54, 1.807) is 9.80 Å². The molecule has 4 nitrogen and oxygen atoms in total. The van der Waals surface area contributed by atoms with Crippen LogP contribution in [0.4, 0.5) is 5.69 Å². The summed E-state index contributed by atoms with van der Waals surface area (Å²) in [5, 5.41) is 0.612. The quantitative estimate of drug-likeness (QED) is 0.246. The molecule has 2 aromatic carbocycles. The summed E-state index contributed by atoms with van der Waals surface area (Å²) in [6, 6.07) is 15.1. The Morgan fingerprint density at radius 2 is 1.62 bits per heavy atom. The Morgan fingerprint density at radius 1 is 0.906 bits per heavy atom. The molecule has 7 heteroatoms. The summed E-state index contributed by atoms with van der Waals surface area (Å²) in [5.41, 5.74) is 2.86. The number of carbonyl (C=O) groups is 2. The predicted octanol–water partition coefficient (Wildman–Crippen LogP) is 6.43. The normalized spacial score (nSPS) is 18.1. The molecule has 2 aromatic rings. The summed E-state index contributed by atoms with van der Waals surface area (Å²) in [5.74, 6) is -0.345. The maximum atomic E-state index is 13.6. The van der Waals surface area contributed by atoms with Crippen molar-refractivity contribution in [1.82, 2.24) is 4.90 Å². The molecule has 1 fully saturated rings. The molecule has 2 heterocycles. The van der Waals surface area contributed by atoms with Crippen LogP contribution in [0.5, 0.6) is 0 Å². The topological polar surface area (TPSA) is 40.6 Å². The smallest absolute Gasteiger partial charge is 0.267 e. The number of anilines is 1. The van der Waals surface area contributed by atoms with E-state index >= 15 is 0 Å². The van der Waals surface area contributed by atoms with Crippen LogP contribution < -0.4 is 4.90 Å². The van der Waals surface area contributed by atoms with E-state index in [1.165, 1.54) is 24.6 Å². The van der Waals surface area contributed by atoms with Crippen molar-refractivity contribution in [3.8, 4) is 0 Å². The van der Waals surface area contributed by atoms with Gasteiger partial charge in [0, 0.05) is 17.1 Å². The lowest BCUT2D eigenvalue weighted by molar-refractivity contribution is -0.122. The van der Waals surface area contributed by atoms with Gasteiger partial charge in [0.1, 0.15) is 4.32 Å². The minimum atomic E-state index is -0.186. The Labute approximate surface area is 203 Å². The molecule has 4 rings (SSSR count). The average molecular weight is 485 g/mol. The van der Waals surface area contributed by atoms with Crippen LogP contribution >= 0.6 is 35.6 Å². The van der Waals surface area contributed by atoms with Crippen LogP contribution in [0.25, 0.3) is 5.57 Å². The molecule has 0 aromatic heterocycles. The lowest BCUT2D eigenvalue weighted by atomic mass is 10.1. The first-order valence-corrected chi connectivity index (χ1v) is 12.6. The van der Waals surface area contributed by atoms with Crippen molar-refractivity contribution in [1.29, 1.82) is 0 Å². The van der Waals surface area contributed by atoms with Gasteiger partial charge in [-0.05, 0) is 24.1 Å². The molecule has 32 heavy (non-hydrogen) atoms. The number of fused-ring (bicyclic) bond motifs is 1. The highest BCUT2D eigenvalue weighted by atomic mass is 35.5. The summed E-state index contributed by atoms with van der Waals surface area (Å²) in [4.78, 5) is 30.6. The number of halogens is 1. The SMILES string of the molecule is CCCCCCCN1C(=O)C(=C2C(=O)N(Cc3ccccc3Cl)c3ccccc32)SC1=S. The van der Waals surface area contributed by atoms with Gasteiger partial charge in [-0.1, -0.05) is 105 Å². The van der Waals surface area contributed by atoms with E-state index in [2.05, 4.69) is 6.92 Å². The first-order valence-electron chi connectivity index (χ1n) is 11.0. The summed E-state index contributed by atoms with van der Waals surface area (Å²) in [7, 11) is 0. The van der Waals surface area contributed by atoms with E-state index in [0.717, 1.165) is 36.1 Å². The van der Waals surface area contributed by atoms with E-state index < -0.39 is 0 Å². The molecule has 0 unspecified atom stereocenters. The van der Waals surface area contributed by atoms with E-state index in [-0.39, 0.29) is 11.8 Å². The van der Waals surface area contributed by atoms with Crippen LogP contribution in [-0.4, -0.2) is 27.6 Å². The van der Waals surface area contributed by atoms with Crippen LogP contribution in [0.1, 0.15) is 50.2 Å². The van der Waals surface area contributed by atoms with Crippen LogP contribution in [0.15, 0.2) is 53.4 Å². The molecule has 0 radical (unpaired) electrons. The van der Waals surface area contributed by atoms with E-state index in [9.17, 15) is 9.59 Å². The highest BCUT2D eigenvalue weighted by Gasteiger charge is 2.41. The van der Waals surface area contributed by atoms with Crippen LogP contribution in [0.3, 0.4) is 0 Å². The minimum Gasteiger partial charge on any atom is -0.303 e. The molecule has 2 aliphatic rings. The Bertz CT molecular complexity index is 1100. The molecule has 2 amide bonds. The number of unbranched alkanes of at least 4 members (excludes halogenated alkanes) is 4. The highest BCUT2D eigenvalue weighted by Crippen LogP contribution is 2.45.